The average Bonchev–Trinajstić information content (AvgIpc) is 3.17. The lowest BCUT2D eigenvalue weighted by Crippen LogP contribution is -2.46. The normalized spacial score (nSPS) is 16.7. The first-order chi connectivity index (χ1) is 14.4. The van der Waals surface area contributed by atoms with Gasteiger partial charge in [-0.2, -0.15) is 0 Å². The number of aromatic amines is 1. The fourth-order valence-electron chi connectivity index (χ4n) is 4.00. The minimum Gasteiger partial charge on any atom is -0.357 e. The van der Waals surface area contributed by atoms with Crippen LogP contribution in [0.3, 0.4) is 0 Å². The summed E-state index contributed by atoms with van der Waals surface area (Å²) in [5.41, 5.74) is 1.20. The van der Waals surface area contributed by atoms with Crippen molar-refractivity contribution < 1.29 is 4.79 Å². The van der Waals surface area contributed by atoms with Crippen molar-refractivity contribution in [1.82, 2.24) is 24.4 Å². The highest BCUT2D eigenvalue weighted by Gasteiger charge is 2.27. The Bertz CT molecular complexity index is 1160. The molecule has 1 unspecified atom stereocenters. The van der Waals surface area contributed by atoms with Crippen LogP contribution in [-0.4, -0.2) is 44.6 Å². The fraction of sp³-hybridized carbons (Fsp3) is 0.429. The molecular formula is C21H26N6O3. The van der Waals surface area contributed by atoms with E-state index in [4.69, 9.17) is 0 Å². The maximum atomic E-state index is 12.7. The lowest BCUT2D eigenvalue weighted by molar-refractivity contribution is -0.125. The quantitative estimate of drug-likeness (QED) is 0.639. The third-order valence-corrected chi connectivity index (χ3v) is 5.72. The summed E-state index contributed by atoms with van der Waals surface area (Å²) >= 11 is 0. The van der Waals surface area contributed by atoms with Crippen molar-refractivity contribution in [3.05, 3.63) is 57.0 Å². The molecule has 3 heterocycles. The Balaban J connectivity index is 1.38. The van der Waals surface area contributed by atoms with Gasteiger partial charge in [0.15, 0.2) is 0 Å². The van der Waals surface area contributed by atoms with E-state index in [0.717, 1.165) is 34.3 Å². The molecule has 1 saturated heterocycles. The first-order valence-corrected chi connectivity index (χ1v) is 10.2. The Labute approximate surface area is 173 Å². The minimum atomic E-state index is -0.366. The lowest BCUT2D eigenvalue weighted by Gasteiger charge is -2.34. The number of benzene rings is 1. The Morgan fingerprint density at radius 1 is 1.23 bits per heavy atom. The van der Waals surface area contributed by atoms with Crippen LogP contribution >= 0.6 is 0 Å². The summed E-state index contributed by atoms with van der Waals surface area (Å²) in [5, 5.41) is 3.00. The van der Waals surface area contributed by atoms with Crippen molar-refractivity contribution >= 4 is 22.8 Å². The van der Waals surface area contributed by atoms with Crippen molar-refractivity contribution in [1.29, 1.82) is 0 Å². The van der Waals surface area contributed by atoms with Crippen LogP contribution in [0.15, 0.2) is 39.9 Å². The molecule has 1 aliphatic heterocycles. The van der Waals surface area contributed by atoms with Gasteiger partial charge < -0.3 is 15.2 Å². The van der Waals surface area contributed by atoms with Gasteiger partial charge in [0.2, 0.25) is 5.91 Å². The fourth-order valence-corrected chi connectivity index (χ4v) is 4.00. The number of aromatic nitrogens is 4. The molecule has 0 bridgehead atoms. The van der Waals surface area contributed by atoms with E-state index in [1.807, 2.05) is 29.2 Å². The number of nitrogens with one attached hydrogen (secondary N) is 2. The second-order valence-electron chi connectivity index (χ2n) is 7.77. The van der Waals surface area contributed by atoms with Crippen LogP contribution in [0.2, 0.25) is 0 Å². The molecule has 1 fully saturated rings. The Morgan fingerprint density at radius 2 is 2.03 bits per heavy atom. The highest BCUT2D eigenvalue weighted by Crippen LogP contribution is 2.21. The number of para-hydroxylation sites is 2. The molecule has 0 radical (unpaired) electrons. The van der Waals surface area contributed by atoms with Crippen LogP contribution < -0.4 is 21.5 Å². The van der Waals surface area contributed by atoms with Gasteiger partial charge in [-0.05, 0) is 25.0 Å². The van der Waals surface area contributed by atoms with Crippen LogP contribution in [0.1, 0.15) is 18.7 Å². The van der Waals surface area contributed by atoms with Crippen LogP contribution in [0, 0.1) is 5.92 Å². The largest absolute Gasteiger partial charge is 0.357 e. The van der Waals surface area contributed by atoms with Gasteiger partial charge in [-0.3, -0.25) is 18.7 Å². The molecule has 2 N–H and O–H groups in total. The van der Waals surface area contributed by atoms with Gasteiger partial charge in [-0.15, -0.1) is 0 Å². The number of hydrogen-bond donors (Lipinski definition) is 2. The van der Waals surface area contributed by atoms with Crippen LogP contribution in [0.25, 0.3) is 11.0 Å². The summed E-state index contributed by atoms with van der Waals surface area (Å²) < 4.78 is 2.54. The molecule has 0 spiro atoms. The number of nitrogens with zero attached hydrogens (tertiary/aromatic N) is 4. The predicted molar refractivity (Wildman–Crippen MR) is 115 cm³/mol. The summed E-state index contributed by atoms with van der Waals surface area (Å²) in [5.74, 6) is 1.21. The molecular weight excluding hydrogens is 384 g/mol. The number of carbonyl (C=O) groups excluding carboxylic acids is 1. The minimum absolute atomic E-state index is 0.00959. The van der Waals surface area contributed by atoms with Gasteiger partial charge in [-0.1, -0.05) is 12.1 Å². The van der Waals surface area contributed by atoms with Crippen LogP contribution in [0.4, 0.5) is 5.82 Å². The number of hydrogen-bond acceptors (Lipinski definition) is 5. The van der Waals surface area contributed by atoms with Crippen molar-refractivity contribution in [2.45, 2.75) is 19.3 Å². The van der Waals surface area contributed by atoms with Crippen molar-refractivity contribution in [2.24, 2.45) is 20.0 Å². The first-order valence-electron chi connectivity index (χ1n) is 10.2. The number of imidazole rings is 1. The number of piperidine rings is 1. The number of carbonyl (C=O) groups is 1. The molecule has 1 aromatic carbocycles. The zero-order chi connectivity index (χ0) is 21.3. The van der Waals surface area contributed by atoms with Crippen molar-refractivity contribution in [2.75, 3.05) is 24.5 Å². The molecule has 3 aromatic rings. The van der Waals surface area contributed by atoms with E-state index in [2.05, 4.69) is 15.3 Å². The molecule has 4 rings (SSSR count). The maximum Gasteiger partial charge on any atom is 0.332 e. The second-order valence-corrected chi connectivity index (χ2v) is 7.77. The summed E-state index contributed by atoms with van der Waals surface area (Å²) in [7, 11) is 3.11. The van der Waals surface area contributed by atoms with E-state index in [1.54, 1.807) is 7.05 Å². The first kappa shape index (κ1) is 19.9. The summed E-state index contributed by atoms with van der Waals surface area (Å²) in [6.45, 7) is 1.69. The van der Waals surface area contributed by atoms with Gasteiger partial charge >= 0.3 is 5.69 Å². The molecule has 1 aliphatic rings. The number of anilines is 1. The predicted octanol–water partition coefficient (Wildman–Crippen LogP) is 0.536. The zero-order valence-corrected chi connectivity index (χ0v) is 17.2. The Morgan fingerprint density at radius 3 is 2.83 bits per heavy atom. The molecule has 9 heteroatoms. The van der Waals surface area contributed by atoms with E-state index >= 15 is 0 Å². The standard InChI is InChI=1S/C21H26N6O3/c1-25-18(12-19(28)26(2)21(25)30)27-11-5-6-14(13-27)20(29)22-10-9-17-23-15-7-3-4-8-16(15)24-17/h3-4,7-8,12,14H,5-6,9-11,13H2,1-2H3,(H,22,29)(H,23,24). The summed E-state index contributed by atoms with van der Waals surface area (Å²) in [6, 6.07) is 9.30. The van der Waals surface area contributed by atoms with Crippen LogP contribution in [0.5, 0.6) is 0 Å². The SMILES string of the molecule is Cn1c(N2CCCC(C(=O)NCCc3nc4ccccc4[nH]3)C2)cc(=O)n(C)c1=O. The second kappa shape index (κ2) is 8.17. The van der Waals surface area contributed by atoms with Gasteiger partial charge in [-0.25, -0.2) is 9.78 Å². The summed E-state index contributed by atoms with van der Waals surface area (Å²) in [4.78, 5) is 46.7. The number of H-pyrrole nitrogens is 1. The molecule has 1 amide bonds. The van der Waals surface area contributed by atoms with E-state index in [-0.39, 0.29) is 23.1 Å². The molecule has 30 heavy (non-hydrogen) atoms. The van der Waals surface area contributed by atoms with E-state index in [0.29, 0.717) is 31.9 Å². The van der Waals surface area contributed by atoms with Gasteiger partial charge in [0.25, 0.3) is 5.56 Å². The van der Waals surface area contributed by atoms with Crippen molar-refractivity contribution in [3.8, 4) is 0 Å². The van der Waals surface area contributed by atoms with E-state index in [9.17, 15) is 14.4 Å². The maximum absolute atomic E-state index is 12.7. The number of amides is 1. The van der Waals surface area contributed by atoms with Gasteiger partial charge in [0, 0.05) is 46.2 Å². The highest BCUT2D eigenvalue weighted by atomic mass is 16.2. The molecule has 0 saturated carbocycles. The molecule has 158 valence electrons. The van der Waals surface area contributed by atoms with E-state index < -0.39 is 0 Å². The van der Waals surface area contributed by atoms with Gasteiger partial charge in [0.1, 0.15) is 11.6 Å². The molecule has 1 atom stereocenters. The lowest BCUT2D eigenvalue weighted by atomic mass is 9.97. The monoisotopic (exact) mass is 410 g/mol. The highest BCUT2D eigenvalue weighted by molar-refractivity contribution is 5.79. The average molecular weight is 410 g/mol. The third-order valence-electron chi connectivity index (χ3n) is 5.72. The zero-order valence-electron chi connectivity index (χ0n) is 17.2. The van der Waals surface area contributed by atoms with E-state index in [1.165, 1.54) is 17.7 Å². The third kappa shape index (κ3) is 3.87. The summed E-state index contributed by atoms with van der Waals surface area (Å²) in [6.07, 6.45) is 2.23. The smallest absolute Gasteiger partial charge is 0.332 e. The Hall–Kier alpha value is -3.36. The number of fused-ring (bicyclic) bond motifs is 1. The molecule has 0 aliphatic carbocycles. The van der Waals surface area contributed by atoms with Gasteiger partial charge in [0.05, 0.1) is 17.0 Å². The Kier molecular flexibility index (Phi) is 5.43. The molecule has 2 aromatic heterocycles. The van der Waals surface area contributed by atoms with Crippen molar-refractivity contribution in [3.63, 3.8) is 0 Å². The van der Waals surface area contributed by atoms with Crippen LogP contribution in [-0.2, 0) is 25.3 Å². The number of rotatable bonds is 5. The molecule has 9 nitrogen and oxygen atoms in total. The topological polar surface area (TPSA) is 105 Å².